The Labute approximate surface area is 266 Å². The molecule has 0 spiro atoms. The summed E-state index contributed by atoms with van der Waals surface area (Å²) in [6, 6.07) is 11.1. The molecule has 242 valence electrons. The second kappa shape index (κ2) is 13.4. The third-order valence-corrected chi connectivity index (χ3v) is 8.50. The van der Waals surface area contributed by atoms with Crippen LogP contribution in [-0.2, 0) is 16.6 Å². The Morgan fingerprint density at radius 2 is 1.85 bits per heavy atom. The smallest absolute Gasteiger partial charge is 0.387 e. The van der Waals surface area contributed by atoms with Crippen molar-refractivity contribution in [2.45, 2.75) is 51.6 Å². The normalized spacial score (nSPS) is 19.4. The molecular weight excluding hydrogens is 594 g/mol. The zero-order chi connectivity index (χ0) is 32.4. The van der Waals surface area contributed by atoms with Crippen LogP contribution in [0.15, 0.2) is 61.6 Å². The van der Waals surface area contributed by atoms with Crippen LogP contribution < -0.4 is 20.3 Å². The van der Waals surface area contributed by atoms with Crippen molar-refractivity contribution in [3.63, 3.8) is 0 Å². The molecule has 4 aromatic rings. The predicted octanol–water partition coefficient (Wildman–Crippen LogP) is 5.58. The fraction of sp³-hybridized carbons (Fsp3) is 0.394. The topological polar surface area (TPSA) is 110 Å². The summed E-state index contributed by atoms with van der Waals surface area (Å²) in [5.41, 5.74) is 3.64. The van der Waals surface area contributed by atoms with E-state index in [2.05, 4.69) is 55.9 Å². The van der Waals surface area contributed by atoms with Gasteiger partial charge in [-0.2, -0.15) is 13.9 Å². The maximum absolute atomic E-state index is 13.7. The Morgan fingerprint density at radius 3 is 2.57 bits per heavy atom. The summed E-state index contributed by atoms with van der Waals surface area (Å²) < 4.78 is 40.1. The van der Waals surface area contributed by atoms with Gasteiger partial charge < -0.3 is 25.0 Å². The standard InChI is InChI=1S/C33H38F2N8O3/c1-5-32(44)40-26-13-27(39-31-14-25(36-19-37-31)22-6-7-23-16-38-41(4)28(23)12-22)30(46-33(34)35)15-29(26)42-10-8-24(9-11-42)43-17-20(2)45-21(3)18-43/h5-7,12-16,19-21,24,33H,1,8-11,17-18H2,2-4H3,(H,40,44)(H,36,37,39)/t20-,21+. The first-order valence-electron chi connectivity index (χ1n) is 15.4. The van der Waals surface area contributed by atoms with Gasteiger partial charge in [-0.25, -0.2) is 9.97 Å². The second-order valence-electron chi connectivity index (χ2n) is 11.8. The quantitative estimate of drug-likeness (QED) is 0.229. The molecule has 0 unspecified atom stereocenters. The van der Waals surface area contributed by atoms with Crippen LogP contribution in [0.25, 0.3) is 22.2 Å². The maximum Gasteiger partial charge on any atom is 0.387 e. The van der Waals surface area contributed by atoms with Gasteiger partial charge in [-0.05, 0) is 44.9 Å². The Bertz CT molecular complexity index is 1710. The number of benzene rings is 2. The number of nitrogens with one attached hydrogen (secondary N) is 2. The van der Waals surface area contributed by atoms with Crippen molar-refractivity contribution < 1.29 is 23.0 Å². The van der Waals surface area contributed by atoms with Crippen LogP contribution in [0, 0.1) is 0 Å². The van der Waals surface area contributed by atoms with Gasteiger partial charge in [0.25, 0.3) is 0 Å². The molecule has 4 heterocycles. The Balaban J connectivity index is 1.28. The second-order valence-corrected chi connectivity index (χ2v) is 11.8. The molecule has 13 heteroatoms. The SMILES string of the molecule is C=CC(=O)Nc1cc(Nc2cc(-c3ccc4cnn(C)c4c3)ncn2)c(OC(F)F)cc1N1CCC(N2C[C@@H](C)O[C@@H](C)C2)CC1. The van der Waals surface area contributed by atoms with Crippen LogP contribution in [0.4, 0.5) is 31.7 Å². The van der Waals surface area contributed by atoms with Gasteiger partial charge in [0.2, 0.25) is 5.91 Å². The number of rotatable bonds is 9. The number of hydrogen-bond donors (Lipinski definition) is 2. The summed E-state index contributed by atoms with van der Waals surface area (Å²) >= 11 is 0. The number of anilines is 4. The van der Waals surface area contributed by atoms with Crippen molar-refractivity contribution in [3.05, 3.63) is 61.6 Å². The Kier molecular flexibility index (Phi) is 9.13. The molecular formula is C33H38F2N8O3. The van der Waals surface area contributed by atoms with E-state index in [4.69, 9.17) is 9.47 Å². The zero-order valence-electron chi connectivity index (χ0n) is 26.1. The average molecular weight is 633 g/mol. The molecule has 2 aliphatic heterocycles. The summed E-state index contributed by atoms with van der Waals surface area (Å²) in [6.07, 6.45) is 6.47. The van der Waals surface area contributed by atoms with Crippen molar-refractivity contribution >= 4 is 39.7 Å². The van der Waals surface area contributed by atoms with Gasteiger partial charge in [0, 0.05) is 62.4 Å². The summed E-state index contributed by atoms with van der Waals surface area (Å²) in [5, 5.41) is 11.3. The van der Waals surface area contributed by atoms with Crippen LogP contribution in [0.5, 0.6) is 5.75 Å². The van der Waals surface area contributed by atoms with Crippen molar-refractivity contribution in [3.8, 4) is 17.0 Å². The minimum atomic E-state index is -3.07. The van der Waals surface area contributed by atoms with E-state index in [1.165, 1.54) is 12.4 Å². The van der Waals surface area contributed by atoms with E-state index in [0.717, 1.165) is 42.4 Å². The van der Waals surface area contributed by atoms with Crippen LogP contribution in [0.3, 0.4) is 0 Å². The minimum Gasteiger partial charge on any atom is -0.433 e. The highest BCUT2D eigenvalue weighted by atomic mass is 19.3. The first-order chi connectivity index (χ1) is 22.2. The summed E-state index contributed by atoms with van der Waals surface area (Å²) in [4.78, 5) is 25.8. The lowest BCUT2D eigenvalue weighted by atomic mass is 10.00. The summed E-state index contributed by atoms with van der Waals surface area (Å²) in [6.45, 7) is 7.82. The molecule has 2 atom stereocenters. The molecule has 2 aliphatic rings. The molecule has 0 saturated carbocycles. The van der Waals surface area contributed by atoms with E-state index in [1.807, 2.05) is 25.2 Å². The average Bonchev–Trinajstić information content (AvgIpc) is 3.41. The third kappa shape index (κ3) is 6.95. The van der Waals surface area contributed by atoms with Gasteiger partial charge in [0.15, 0.2) is 5.75 Å². The van der Waals surface area contributed by atoms with Crippen LogP contribution in [-0.4, -0.2) is 81.6 Å². The zero-order valence-corrected chi connectivity index (χ0v) is 26.1. The molecule has 46 heavy (non-hydrogen) atoms. The first-order valence-corrected chi connectivity index (χ1v) is 15.4. The number of ether oxygens (including phenoxy) is 2. The number of carbonyl (C=O) groups excluding carboxylic acids is 1. The summed E-state index contributed by atoms with van der Waals surface area (Å²) in [5.74, 6) is -0.135. The molecule has 2 aromatic heterocycles. The highest BCUT2D eigenvalue weighted by Gasteiger charge is 2.31. The number of halogens is 2. The number of aryl methyl sites for hydroxylation is 1. The van der Waals surface area contributed by atoms with E-state index in [1.54, 1.807) is 29.1 Å². The largest absolute Gasteiger partial charge is 0.433 e. The number of piperidine rings is 1. The Morgan fingerprint density at radius 1 is 1.09 bits per heavy atom. The molecule has 2 N–H and O–H groups in total. The molecule has 0 bridgehead atoms. The van der Waals surface area contributed by atoms with Gasteiger partial charge >= 0.3 is 6.61 Å². The number of amides is 1. The minimum absolute atomic E-state index is 0.0731. The lowest BCUT2D eigenvalue weighted by molar-refractivity contribution is -0.111. The van der Waals surface area contributed by atoms with Crippen LogP contribution in [0.2, 0.25) is 0 Å². The molecule has 6 rings (SSSR count). The molecule has 1 amide bonds. The first kappa shape index (κ1) is 31.4. The molecule has 2 aromatic carbocycles. The number of fused-ring (bicyclic) bond motifs is 1. The molecule has 0 aliphatic carbocycles. The molecule has 11 nitrogen and oxygen atoms in total. The van der Waals surface area contributed by atoms with Crippen molar-refractivity contribution in [1.29, 1.82) is 0 Å². The van der Waals surface area contributed by atoms with Gasteiger partial charge in [-0.1, -0.05) is 18.7 Å². The van der Waals surface area contributed by atoms with Crippen molar-refractivity contribution in [2.75, 3.05) is 41.7 Å². The lowest BCUT2D eigenvalue weighted by Gasteiger charge is -2.44. The molecule has 2 saturated heterocycles. The van der Waals surface area contributed by atoms with Gasteiger partial charge in [0.05, 0.1) is 46.7 Å². The van der Waals surface area contributed by atoms with E-state index >= 15 is 0 Å². The lowest BCUT2D eigenvalue weighted by Crippen LogP contribution is -2.53. The third-order valence-electron chi connectivity index (χ3n) is 8.50. The van der Waals surface area contributed by atoms with Crippen LogP contribution >= 0.6 is 0 Å². The number of alkyl halides is 2. The van der Waals surface area contributed by atoms with Crippen molar-refractivity contribution in [1.82, 2.24) is 24.6 Å². The van der Waals surface area contributed by atoms with Gasteiger partial charge in [-0.15, -0.1) is 0 Å². The monoisotopic (exact) mass is 632 g/mol. The number of aromatic nitrogens is 4. The number of hydrogen-bond acceptors (Lipinski definition) is 9. The molecule has 0 radical (unpaired) electrons. The number of nitrogens with zero attached hydrogens (tertiary/aromatic N) is 6. The van der Waals surface area contributed by atoms with E-state index in [0.29, 0.717) is 42.0 Å². The fourth-order valence-electron chi connectivity index (χ4n) is 6.42. The highest BCUT2D eigenvalue weighted by Crippen LogP contribution is 2.41. The predicted molar refractivity (Wildman–Crippen MR) is 174 cm³/mol. The van der Waals surface area contributed by atoms with Crippen LogP contribution in [0.1, 0.15) is 26.7 Å². The van der Waals surface area contributed by atoms with E-state index in [9.17, 15) is 13.6 Å². The van der Waals surface area contributed by atoms with Gasteiger partial charge in [-0.3, -0.25) is 14.4 Å². The van der Waals surface area contributed by atoms with E-state index in [-0.39, 0.29) is 23.6 Å². The summed E-state index contributed by atoms with van der Waals surface area (Å²) in [7, 11) is 1.86. The van der Waals surface area contributed by atoms with E-state index < -0.39 is 12.5 Å². The number of carbonyl (C=O) groups is 1. The maximum atomic E-state index is 13.7. The van der Waals surface area contributed by atoms with Gasteiger partial charge in [0.1, 0.15) is 12.1 Å². The Hall–Kier alpha value is -4.62. The number of morpholine rings is 1. The highest BCUT2D eigenvalue weighted by molar-refractivity contribution is 6.02. The molecule has 2 fully saturated rings. The van der Waals surface area contributed by atoms with Crippen molar-refractivity contribution in [2.24, 2.45) is 7.05 Å². The fourth-order valence-corrected chi connectivity index (χ4v) is 6.42.